The predicted molar refractivity (Wildman–Crippen MR) is 92.8 cm³/mol. The maximum absolute atomic E-state index is 10.1. The Morgan fingerprint density at radius 1 is 0.875 bits per heavy atom. The first-order valence-electron chi connectivity index (χ1n) is 9.89. The van der Waals surface area contributed by atoms with Gasteiger partial charge in [-0.15, -0.1) is 0 Å². The number of hydrogen-bond donors (Lipinski definition) is 2. The molecule has 0 radical (unpaired) electrons. The van der Waals surface area contributed by atoms with Crippen LogP contribution in [0.3, 0.4) is 0 Å². The van der Waals surface area contributed by atoms with Crippen molar-refractivity contribution < 1.29 is 24.4 Å². The Morgan fingerprint density at radius 3 is 2.04 bits per heavy atom. The second-order valence-electron chi connectivity index (χ2n) is 7.45. The van der Waals surface area contributed by atoms with Crippen LogP contribution in [-0.2, 0) is 14.2 Å². The van der Waals surface area contributed by atoms with Crippen LogP contribution >= 0.6 is 0 Å². The first-order valence-corrected chi connectivity index (χ1v) is 9.89. The van der Waals surface area contributed by atoms with Gasteiger partial charge in [-0.3, -0.25) is 0 Å². The molecule has 1 unspecified atom stereocenters. The quantitative estimate of drug-likeness (QED) is 0.596. The molecule has 0 amide bonds. The molecular weight excluding hydrogens is 308 g/mol. The van der Waals surface area contributed by atoms with E-state index in [0.717, 1.165) is 12.8 Å². The van der Waals surface area contributed by atoms with E-state index < -0.39 is 17.8 Å². The van der Waals surface area contributed by atoms with Crippen molar-refractivity contribution in [3.8, 4) is 0 Å². The Hall–Kier alpha value is -0.200. The zero-order valence-electron chi connectivity index (χ0n) is 15.3. The van der Waals surface area contributed by atoms with Gasteiger partial charge in [-0.1, -0.05) is 58.3 Å². The zero-order valence-corrected chi connectivity index (χ0v) is 15.3. The van der Waals surface area contributed by atoms with E-state index in [9.17, 15) is 10.2 Å². The van der Waals surface area contributed by atoms with E-state index in [2.05, 4.69) is 6.92 Å². The van der Waals surface area contributed by atoms with E-state index in [1.165, 1.54) is 51.4 Å². The molecule has 2 fully saturated rings. The van der Waals surface area contributed by atoms with Crippen molar-refractivity contribution in [3.63, 3.8) is 0 Å². The zero-order chi connectivity index (χ0) is 17.3. The second-order valence-corrected chi connectivity index (χ2v) is 7.45. The Balaban J connectivity index is 1.49. The first-order chi connectivity index (χ1) is 11.7. The van der Waals surface area contributed by atoms with Crippen LogP contribution in [-0.4, -0.2) is 54.1 Å². The number of aliphatic hydroxyl groups is 2. The molecule has 5 heteroatoms. The Bertz CT molecular complexity index is 328. The largest absolute Gasteiger partial charge is 0.391 e. The maximum Gasteiger partial charge on any atom is 0.157 e. The molecule has 0 aliphatic carbocycles. The van der Waals surface area contributed by atoms with E-state index in [1.54, 1.807) is 0 Å². The van der Waals surface area contributed by atoms with E-state index in [-0.39, 0.29) is 12.9 Å². The summed E-state index contributed by atoms with van der Waals surface area (Å²) in [4.78, 5) is 0. The van der Waals surface area contributed by atoms with Crippen LogP contribution in [0.2, 0.25) is 0 Å². The number of ether oxygens (including phenoxy) is 3. The summed E-state index contributed by atoms with van der Waals surface area (Å²) in [6.07, 6.45) is 11.5. The molecule has 2 heterocycles. The molecule has 2 N–H and O–H groups in total. The summed E-state index contributed by atoms with van der Waals surface area (Å²) in [7, 11) is 0. The van der Waals surface area contributed by atoms with Gasteiger partial charge in [0, 0.05) is 6.42 Å². The van der Waals surface area contributed by atoms with Gasteiger partial charge in [0.25, 0.3) is 0 Å². The average molecular weight is 344 g/mol. The predicted octanol–water partition coefficient (Wildman–Crippen LogP) is 3.16. The molecule has 2 aliphatic rings. The van der Waals surface area contributed by atoms with E-state index in [4.69, 9.17) is 14.2 Å². The number of aliphatic hydroxyl groups excluding tert-OH is 2. The lowest BCUT2D eigenvalue weighted by Crippen LogP contribution is -2.61. The summed E-state index contributed by atoms with van der Waals surface area (Å²) in [5, 5.41) is 19.7. The normalized spacial score (nSPS) is 33.9. The minimum absolute atomic E-state index is 0.178. The molecule has 0 aromatic heterocycles. The van der Waals surface area contributed by atoms with Gasteiger partial charge in [-0.25, -0.2) is 0 Å². The SMILES string of the molecule is CCCCCCCCCCCC1OCC2(CO1)OC[C@@H](O)CC2O. The molecule has 5 nitrogen and oxygen atoms in total. The first kappa shape index (κ1) is 20.1. The van der Waals surface area contributed by atoms with Crippen molar-refractivity contribution in [1.82, 2.24) is 0 Å². The van der Waals surface area contributed by atoms with E-state index >= 15 is 0 Å². The lowest BCUT2D eigenvalue weighted by atomic mass is 9.90. The molecule has 24 heavy (non-hydrogen) atoms. The summed E-state index contributed by atoms with van der Waals surface area (Å²) in [5.74, 6) is 0. The lowest BCUT2D eigenvalue weighted by Gasteiger charge is -2.46. The van der Waals surface area contributed by atoms with Crippen LogP contribution < -0.4 is 0 Å². The van der Waals surface area contributed by atoms with Crippen LogP contribution in [0.1, 0.15) is 77.6 Å². The molecule has 142 valence electrons. The molecule has 1 spiro atoms. The third-order valence-corrected chi connectivity index (χ3v) is 5.24. The maximum atomic E-state index is 10.1. The van der Waals surface area contributed by atoms with Gasteiger partial charge in [-0.05, 0) is 12.8 Å². The fourth-order valence-electron chi connectivity index (χ4n) is 3.52. The fraction of sp³-hybridized carbons (Fsp3) is 1.00. The van der Waals surface area contributed by atoms with E-state index in [1.807, 2.05) is 0 Å². The Kier molecular flexibility index (Phi) is 8.98. The number of hydrogen-bond acceptors (Lipinski definition) is 5. The molecule has 0 aromatic rings. The molecular formula is C19H36O5. The number of rotatable bonds is 10. The van der Waals surface area contributed by atoms with Gasteiger partial charge < -0.3 is 24.4 Å². The van der Waals surface area contributed by atoms with Crippen LogP contribution in [0, 0.1) is 0 Å². The molecule has 0 saturated carbocycles. The highest BCUT2D eigenvalue weighted by Gasteiger charge is 2.47. The minimum atomic E-state index is -0.784. The monoisotopic (exact) mass is 344 g/mol. The van der Waals surface area contributed by atoms with Crippen LogP contribution in [0.4, 0.5) is 0 Å². The van der Waals surface area contributed by atoms with Gasteiger partial charge in [0.2, 0.25) is 0 Å². The number of unbranched alkanes of at least 4 members (excludes halogenated alkanes) is 8. The standard InChI is InChI=1S/C19H36O5/c1-2-3-4-5-6-7-8-9-10-11-18-22-14-19(15-23-18)17(21)12-16(20)13-24-19/h16-18,20-21H,2-15H2,1H3/t16-,17?,18?,19?/m0/s1. The van der Waals surface area contributed by atoms with Crippen molar-refractivity contribution >= 4 is 0 Å². The van der Waals surface area contributed by atoms with Gasteiger partial charge in [0.1, 0.15) is 5.60 Å². The fourth-order valence-corrected chi connectivity index (χ4v) is 3.52. The highest BCUT2D eigenvalue weighted by Crippen LogP contribution is 2.31. The van der Waals surface area contributed by atoms with E-state index in [0.29, 0.717) is 19.6 Å². The summed E-state index contributed by atoms with van der Waals surface area (Å²) in [6.45, 7) is 3.19. The summed E-state index contributed by atoms with van der Waals surface area (Å²) >= 11 is 0. The topological polar surface area (TPSA) is 68.2 Å². The van der Waals surface area contributed by atoms with Crippen molar-refractivity contribution in [2.75, 3.05) is 19.8 Å². The lowest BCUT2D eigenvalue weighted by molar-refractivity contribution is -0.308. The van der Waals surface area contributed by atoms with Gasteiger partial charge in [0.15, 0.2) is 6.29 Å². The highest BCUT2D eigenvalue weighted by atomic mass is 16.7. The molecule has 0 aromatic carbocycles. The van der Waals surface area contributed by atoms with Gasteiger partial charge >= 0.3 is 0 Å². The molecule has 2 atom stereocenters. The van der Waals surface area contributed by atoms with Crippen molar-refractivity contribution in [2.45, 2.75) is 102 Å². The molecule has 0 bridgehead atoms. The van der Waals surface area contributed by atoms with Crippen molar-refractivity contribution in [2.24, 2.45) is 0 Å². The van der Waals surface area contributed by atoms with Crippen LogP contribution in [0.15, 0.2) is 0 Å². The van der Waals surface area contributed by atoms with Crippen molar-refractivity contribution in [3.05, 3.63) is 0 Å². The Labute approximate surface area is 146 Å². The van der Waals surface area contributed by atoms with Crippen molar-refractivity contribution in [1.29, 1.82) is 0 Å². The Morgan fingerprint density at radius 2 is 1.46 bits per heavy atom. The highest BCUT2D eigenvalue weighted by molar-refractivity contribution is 4.95. The van der Waals surface area contributed by atoms with Gasteiger partial charge in [0.05, 0.1) is 32.0 Å². The molecule has 2 rings (SSSR count). The molecule has 2 aliphatic heterocycles. The van der Waals surface area contributed by atoms with Crippen LogP contribution in [0.5, 0.6) is 0 Å². The molecule has 2 saturated heterocycles. The average Bonchev–Trinajstić information content (AvgIpc) is 2.59. The van der Waals surface area contributed by atoms with Gasteiger partial charge in [-0.2, -0.15) is 0 Å². The summed E-state index contributed by atoms with van der Waals surface area (Å²) in [5.41, 5.74) is -0.784. The smallest absolute Gasteiger partial charge is 0.157 e. The summed E-state index contributed by atoms with van der Waals surface area (Å²) in [6, 6.07) is 0. The summed E-state index contributed by atoms with van der Waals surface area (Å²) < 4.78 is 17.1. The third kappa shape index (κ3) is 6.26. The third-order valence-electron chi connectivity index (χ3n) is 5.24. The minimum Gasteiger partial charge on any atom is -0.391 e. The second kappa shape index (κ2) is 10.7. The van der Waals surface area contributed by atoms with Crippen LogP contribution in [0.25, 0.3) is 0 Å².